The van der Waals surface area contributed by atoms with Crippen LogP contribution in [0.3, 0.4) is 0 Å². The van der Waals surface area contributed by atoms with E-state index in [9.17, 15) is 14.0 Å². The Hall–Kier alpha value is -1.95. The van der Waals surface area contributed by atoms with Crippen molar-refractivity contribution in [2.45, 2.75) is 19.9 Å². The second-order valence-electron chi connectivity index (χ2n) is 5.37. The third kappa shape index (κ3) is 3.39. The van der Waals surface area contributed by atoms with Crippen molar-refractivity contribution in [2.24, 2.45) is 5.73 Å². The summed E-state index contributed by atoms with van der Waals surface area (Å²) in [6.45, 7) is 5.09. The van der Waals surface area contributed by atoms with Crippen molar-refractivity contribution in [1.82, 2.24) is 9.80 Å². The van der Waals surface area contributed by atoms with Crippen LogP contribution in [0.2, 0.25) is 0 Å². The SMILES string of the molecule is Cc1ccc(C(=O)N2CCN(C(=O)[C@@H](C)N)CC2)cc1F. The molecule has 2 rings (SSSR count). The van der Waals surface area contributed by atoms with Gasteiger partial charge in [0, 0.05) is 31.7 Å². The third-order valence-corrected chi connectivity index (χ3v) is 3.69. The molecule has 6 heteroatoms. The van der Waals surface area contributed by atoms with E-state index in [-0.39, 0.29) is 17.6 Å². The van der Waals surface area contributed by atoms with Crippen molar-refractivity contribution in [3.05, 3.63) is 35.1 Å². The number of carbonyl (C=O) groups is 2. The number of nitrogens with two attached hydrogens (primary N) is 1. The fourth-order valence-electron chi connectivity index (χ4n) is 2.33. The minimum Gasteiger partial charge on any atom is -0.338 e. The number of benzene rings is 1. The first-order chi connectivity index (χ1) is 9.90. The third-order valence-electron chi connectivity index (χ3n) is 3.69. The predicted molar refractivity (Wildman–Crippen MR) is 77.3 cm³/mol. The Morgan fingerprint density at radius 2 is 1.76 bits per heavy atom. The molecule has 1 aromatic carbocycles. The van der Waals surface area contributed by atoms with Crippen molar-refractivity contribution in [2.75, 3.05) is 26.2 Å². The molecule has 0 bridgehead atoms. The van der Waals surface area contributed by atoms with Crippen LogP contribution in [-0.2, 0) is 4.79 Å². The molecular weight excluding hydrogens is 273 g/mol. The van der Waals surface area contributed by atoms with Gasteiger partial charge in [-0.3, -0.25) is 9.59 Å². The molecule has 2 amide bonds. The molecule has 1 atom stereocenters. The quantitative estimate of drug-likeness (QED) is 0.875. The van der Waals surface area contributed by atoms with E-state index in [0.717, 1.165) is 0 Å². The highest BCUT2D eigenvalue weighted by atomic mass is 19.1. The molecule has 2 N–H and O–H groups in total. The van der Waals surface area contributed by atoms with Crippen LogP contribution in [0.25, 0.3) is 0 Å². The largest absolute Gasteiger partial charge is 0.338 e. The molecule has 1 aliphatic heterocycles. The van der Waals surface area contributed by atoms with E-state index in [4.69, 9.17) is 5.73 Å². The summed E-state index contributed by atoms with van der Waals surface area (Å²) in [5, 5.41) is 0. The zero-order valence-corrected chi connectivity index (χ0v) is 12.3. The highest BCUT2D eigenvalue weighted by Gasteiger charge is 2.26. The fourth-order valence-corrected chi connectivity index (χ4v) is 2.33. The molecule has 0 aromatic heterocycles. The summed E-state index contributed by atoms with van der Waals surface area (Å²) in [5.74, 6) is -0.697. The van der Waals surface area contributed by atoms with Gasteiger partial charge in [0.2, 0.25) is 5.91 Å². The van der Waals surface area contributed by atoms with Crippen molar-refractivity contribution < 1.29 is 14.0 Å². The van der Waals surface area contributed by atoms with E-state index in [2.05, 4.69) is 0 Å². The Bertz CT molecular complexity index is 552. The molecule has 1 aliphatic rings. The second kappa shape index (κ2) is 6.22. The second-order valence-corrected chi connectivity index (χ2v) is 5.37. The summed E-state index contributed by atoms with van der Waals surface area (Å²) in [7, 11) is 0. The van der Waals surface area contributed by atoms with Gasteiger partial charge < -0.3 is 15.5 Å². The number of nitrogens with zero attached hydrogens (tertiary/aromatic N) is 2. The van der Waals surface area contributed by atoms with Crippen LogP contribution in [0.5, 0.6) is 0 Å². The van der Waals surface area contributed by atoms with Gasteiger partial charge >= 0.3 is 0 Å². The van der Waals surface area contributed by atoms with E-state index >= 15 is 0 Å². The minimum atomic E-state index is -0.529. The number of hydrogen-bond donors (Lipinski definition) is 1. The Kier molecular flexibility index (Phi) is 4.57. The van der Waals surface area contributed by atoms with Gasteiger partial charge in [-0.25, -0.2) is 4.39 Å². The first kappa shape index (κ1) is 15.4. The zero-order chi connectivity index (χ0) is 15.6. The Morgan fingerprint density at radius 1 is 1.19 bits per heavy atom. The van der Waals surface area contributed by atoms with Gasteiger partial charge in [-0.15, -0.1) is 0 Å². The molecule has 0 spiro atoms. The lowest BCUT2D eigenvalue weighted by atomic mass is 10.1. The van der Waals surface area contributed by atoms with Gasteiger partial charge in [-0.05, 0) is 31.5 Å². The summed E-state index contributed by atoms with van der Waals surface area (Å²) in [6.07, 6.45) is 0. The van der Waals surface area contributed by atoms with E-state index in [1.165, 1.54) is 6.07 Å². The van der Waals surface area contributed by atoms with Gasteiger partial charge in [0.1, 0.15) is 5.82 Å². The molecule has 114 valence electrons. The lowest BCUT2D eigenvalue weighted by Crippen LogP contribution is -2.53. The molecule has 1 fully saturated rings. The predicted octanol–water partition coefficient (Wildman–Crippen LogP) is 0.766. The fraction of sp³-hybridized carbons (Fsp3) is 0.467. The van der Waals surface area contributed by atoms with Crippen LogP contribution < -0.4 is 5.73 Å². The summed E-state index contributed by atoms with van der Waals surface area (Å²) in [6, 6.07) is 3.95. The molecule has 1 saturated heterocycles. The van der Waals surface area contributed by atoms with Crippen LogP contribution in [0.4, 0.5) is 4.39 Å². The topological polar surface area (TPSA) is 66.6 Å². The monoisotopic (exact) mass is 293 g/mol. The van der Waals surface area contributed by atoms with Crippen LogP contribution in [0.15, 0.2) is 18.2 Å². The van der Waals surface area contributed by atoms with Crippen LogP contribution in [0, 0.1) is 12.7 Å². The highest BCUT2D eigenvalue weighted by molar-refractivity contribution is 5.94. The summed E-state index contributed by atoms with van der Waals surface area (Å²) < 4.78 is 13.5. The average Bonchev–Trinajstić information content (AvgIpc) is 2.48. The molecule has 0 aliphatic carbocycles. The standard InChI is InChI=1S/C15H20FN3O2/c1-10-3-4-12(9-13(10)16)15(21)19-7-5-18(6-8-19)14(20)11(2)17/h3-4,9,11H,5-8,17H2,1-2H3/t11-/m1/s1. The first-order valence-corrected chi connectivity index (χ1v) is 7.00. The molecule has 21 heavy (non-hydrogen) atoms. The van der Waals surface area contributed by atoms with Crippen molar-refractivity contribution >= 4 is 11.8 Å². The Labute approximate surface area is 123 Å². The average molecular weight is 293 g/mol. The number of aryl methyl sites for hydroxylation is 1. The number of carbonyl (C=O) groups excluding carboxylic acids is 2. The van der Waals surface area contributed by atoms with E-state index < -0.39 is 6.04 Å². The van der Waals surface area contributed by atoms with E-state index in [1.807, 2.05) is 0 Å². The Balaban J connectivity index is 2.00. The summed E-state index contributed by atoms with van der Waals surface area (Å²) >= 11 is 0. The summed E-state index contributed by atoms with van der Waals surface area (Å²) in [5.41, 5.74) is 6.42. The molecule has 1 heterocycles. The molecule has 5 nitrogen and oxygen atoms in total. The van der Waals surface area contributed by atoms with Gasteiger partial charge in [0.15, 0.2) is 0 Å². The number of hydrogen-bond acceptors (Lipinski definition) is 3. The molecular formula is C15H20FN3O2. The maximum absolute atomic E-state index is 13.5. The van der Waals surface area contributed by atoms with Crippen LogP contribution in [-0.4, -0.2) is 53.8 Å². The lowest BCUT2D eigenvalue weighted by molar-refractivity contribution is -0.133. The van der Waals surface area contributed by atoms with Crippen LogP contribution >= 0.6 is 0 Å². The maximum Gasteiger partial charge on any atom is 0.254 e. The van der Waals surface area contributed by atoms with Gasteiger partial charge in [-0.2, -0.15) is 0 Å². The van der Waals surface area contributed by atoms with Gasteiger partial charge in [0.25, 0.3) is 5.91 Å². The number of amides is 2. The lowest BCUT2D eigenvalue weighted by Gasteiger charge is -2.35. The molecule has 0 saturated carbocycles. The number of piperazine rings is 1. The van der Waals surface area contributed by atoms with Crippen LogP contribution in [0.1, 0.15) is 22.8 Å². The molecule has 0 radical (unpaired) electrons. The van der Waals surface area contributed by atoms with E-state index in [1.54, 1.807) is 35.8 Å². The summed E-state index contributed by atoms with van der Waals surface area (Å²) in [4.78, 5) is 27.4. The van der Waals surface area contributed by atoms with Gasteiger partial charge in [0.05, 0.1) is 6.04 Å². The minimum absolute atomic E-state index is 0.108. The van der Waals surface area contributed by atoms with Crippen molar-refractivity contribution in [3.63, 3.8) is 0 Å². The van der Waals surface area contributed by atoms with Gasteiger partial charge in [-0.1, -0.05) is 6.07 Å². The number of rotatable bonds is 2. The first-order valence-electron chi connectivity index (χ1n) is 7.00. The molecule has 1 aromatic rings. The smallest absolute Gasteiger partial charge is 0.254 e. The Morgan fingerprint density at radius 3 is 2.29 bits per heavy atom. The van der Waals surface area contributed by atoms with Crippen molar-refractivity contribution in [3.8, 4) is 0 Å². The molecule has 0 unspecified atom stereocenters. The number of halogens is 1. The normalized spacial score (nSPS) is 16.8. The highest BCUT2D eigenvalue weighted by Crippen LogP contribution is 2.13. The van der Waals surface area contributed by atoms with E-state index in [0.29, 0.717) is 37.3 Å². The van der Waals surface area contributed by atoms with Crippen molar-refractivity contribution in [1.29, 1.82) is 0 Å². The zero-order valence-electron chi connectivity index (χ0n) is 12.3. The maximum atomic E-state index is 13.5.